The molecule has 1 aromatic carbocycles. The van der Waals surface area contributed by atoms with Gasteiger partial charge in [-0.2, -0.15) is 0 Å². The fraction of sp³-hybridized carbons (Fsp3) is 0.267. The van der Waals surface area contributed by atoms with Crippen LogP contribution in [0.25, 0.3) is 0 Å². The van der Waals surface area contributed by atoms with Crippen molar-refractivity contribution in [2.75, 3.05) is 18.4 Å². The van der Waals surface area contributed by atoms with Crippen LogP contribution in [-0.4, -0.2) is 29.2 Å². The molecule has 6 heteroatoms. The topological polar surface area (TPSA) is 92.9 Å². The molecule has 0 aliphatic heterocycles. The number of nitrogens with zero attached hydrogens (tertiary/aromatic N) is 2. The zero-order valence-corrected chi connectivity index (χ0v) is 11.9. The molecule has 0 radical (unpaired) electrons. The van der Waals surface area contributed by atoms with Crippen molar-refractivity contribution in [3.05, 3.63) is 53.7 Å². The van der Waals surface area contributed by atoms with E-state index >= 15 is 0 Å². The van der Waals surface area contributed by atoms with Gasteiger partial charge in [-0.15, -0.1) is 10.2 Å². The largest absolute Gasteiger partial charge is 0.367 e. The maximum Gasteiger partial charge on any atom is 0.271 e. The maximum absolute atomic E-state index is 11.6. The summed E-state index contributed by atoms with van der Waals surface area (Å²) >= 11 is 0. The Morgan fingerprint density at radius 2 is 1.95 bits per heavy atom. The minimum Gasteiger partial charge on any atom is -0.367 e. The van der Waals surface area contributed by atoms with Gasteiger partial charge in [0.2, 0.25) is 0 Å². The molecular weight excluding hydrogens is 266 g/mol. The number of carbonyl (C=O) groups excluding carboxylic acids is 1. The second kappa shape index (κ2) is 7.35. The van der Waals surface area contributed by atoms with E-state index in [-0.39, 0.29) is 11.9 Å². The Hall–Kier alpha value is -2.47. The van der Waals surface area contributed by atoms with Gasteiger partial charge >= 0.3 is 0 Å². The SMILES string of the molecule is CCNC(=O)c1ccc(NCC(N)c2ccccc2)nn1. The predicted octanol–water partition coefficient (Wildman–Crippen LogP) is 1.34. The maximum atomic E-state index is 11.6. The number of aromatic nitrogens is 2. The summed E-state index contributed by atoms with van der Waals surface area (Å²) in [6, 6.07) is 13.0. The summed E-state index contributed by atoms with van der Waals surface area (Å²) < 4.78 is 0. The van der Waals surface area contributed by atoms with E-state index in [4.69, 9.17) is 5.73 Å². The Morgan fingerprint density at radius 3 is 2.57 bits per heavy atom. The summed E-state index contributed by atoms with van der Waals surface area (Å²) in [6.07, 6.45) is 0. The van der Waals surface area contributed by atoms with Crippen LogP contribution in [0.4, 0.5) is 5.82 Å². The van der Waals surface area contributed by atoms with Crippen molar-refractivity contribution in [2.45, 2.75) is 13.0 Å². The standard InChI is InChI=1S/C15H19N5O/c1-2-17-15(21)13-8-9-14(20-19-13)18-10-12(16)11-6-4-3-5-7-11/h3-9,12H,2,10,16H2,1H3,(H,17,21)(H,18,20). The first-order valence-electron chi connectivity index (χ1n) is 6.87. The fourth-order valence-corrected chi connectivity index (χ4v) is 1.83. The number of rotatable bonds is 6. The zero-order chi connectivity index (χ0) is 15.1. The first-order valence-corrected chi connectivity index (χ1v) is 6.87. The minimum atomic E-state index is -0.225. The van der Waals surface area contributed by atoms with E-state index in [1.54, 1.807) is 12.1 Å². The summed E-state index contributed by atoms with van der Waals surface area (Å²) in [6.45, 7) is 2.96. The lowest BCUT2D eigenvalue weighted by atomic mass is 10.1. The highest BCUT2D eigenvalue weighted by Crippen LogP contribution is 2.10. The summed E-state index contributed by atoms with van der Waals surface area (Å²) in [7, 11) is 0. The Balaban J connectivity index is 1.90. The van der Waals surface area contributed by atoms with Gasteiger partial charge in [0.25, 0.3) is 5.91 Å². The predicted molar refractivity (Wildman–Crippen MR) is 81.9 cm³/mol. The Morgan fingerprint density at radius 1 is 1.19 bits per heavy atom. The molecule has 6 nitrogen and oxygen atoms in total. The highest BCUT2D eigenvalue weighted by atomic mass is 16.1. The van der Waals surface area contributed by atoms with Crippen molar-refractivity contribution >= 4 is 11.7 Å². The molecule has 2 rings (SSSR count). The lowest BCUT2D eigenvalue weighted by Crippen LogP contribution is -2.24. The van der Waals surface area contributed by atoms with Crippen LogP contribution in [0, 0.1) is 0 Å². The second-order valence-electron chi connectivity index (χ2n) is 4.56. The molecule has 0 fully saturated rings. The first-order chi connectivity index (χ1) is 10.2. The highest BCUT2D eigenvalue weighted by Gasteiger charge is 2.08. The Bertz CT molecular complexity index is 570. The quantitative estimate of drug-likeness (QED) is 0.744. The molecule has 0 aliphatic rings. The molecule has 4 N–H and O–H groups in total. The number of hydrogen-bond donors (Lipinski definition) is 3. The van der Waals surface area contributed by atoms with E-state index in [0.717, 1.165) is 5.56 Å². The third kappa shape index (κ3) is 4.25. The van der Waals surface area contributed by atoms with Crippen LogP contribution in [-0.2, 0) is 0 Å². The van der Waals surface area contributed by atoms with Crippen LogP contribution in [0.1, 0.15) is 29.0 Å². The van der Waals surface area contributed by atoms with E-state index in [0.29, 0.717) is 24.6 Å². The van der Waals surface area contributed by atoms with Crippen molar-refractivity contribution in [1.82, 2.24) is 15.5 Å². The summed E-state index contributed by atoms with van der Waals surface area (Å²) in [5.74, 6) is 0.368. The summed E-state index contributed by atoms with van der Waals surface area (Å²) in [5, 5.41) is 13.6. The second-order valence-corrected chi connectivity index (χ2v) is 4.56. The van der Waals surface area contributed by atoms with Gasteiger partial charge in [-0.05, 0) is 24.6 Å². The lowest BCUT2D eigenvalue weighted by Gasteiger charge is -2.13. The molecule has 0 spiro atoms. The first kappa shape index (κ1) is 14.9. The smallest absolute Gasteiger partial charge is 0.271 e. The zero-order valence-electron chi connectivity index (χ0n) is 11.9. The van der Waals surface area contributed by atoms with Crippen molar-refractivity contribution in [3.8, 4) is 0 Å². The number of nitrogens with one attached hydrogen (secondary N) is 2. The van der Waals surface area contributed by atoms with E-state index < -0.39 is 0 Å². The summed E-state index contributed by atoms with van der Waals surface area (Å²) in [5.41, 5.74) is 7.44. The van der Waals surface area contributed by atoms with Crippen LogP contribution >= 0.6 is 0 Å². The molecule has 21 heavy (non-hydrogen) atoms. The van der Waals surface area contributed by atoms with Crippen LogP contribution < -0.4 is 16.4 Å². The molecule has 0 saturated carbocycles. The van der Waals surface area contributed by atoms with Crippen LogP contribution in [0.15, 0.2) is 42.5 Å². The molecule has 1 amide bonds. The molecular formula is C15H19N5O. The van der Waals surface area contributed by atoms with Crippen LogP contribution in [0.5, 0.6) is 0 Å². The van der Waals surface area contributed by atoms with Crippen molar-refractivity contribution in [2.24, 2.45) is 5.73 Å². The van der Waals surface area contributed by atoms with Crippen molar-refractivity contribution in [1.29, 1.82) is 0 Å². The van der Waals surface area contributed by atoms with Crippen LogP contribution in [0.3, 0.4) is 0 Å². The van der Waals surface area contributed by atoms with Gasteiger partial charge in [0.05, 0.1) is 0 Å². The number of anilines is 1. The monoisotopic (exact) mass is 285 g/mol. The lowest BCUT2D eigenvalue weighted by molar-refractivity contribution is 0.0950. The average molecular weight is 285 g/mol. The van der Waals surface area contributed by atoms with Gasteiger partial charge in [-0.3, -0.25) is 4.79 Å². The molecule has 110 valence electrons. The molecule has 0 bridgehead atoms. The van der Waals surface area contributed by atoms with Gasteiger partial charge in [0.15, 0.2) is 5.69 Å². The number of hydrogen-bond acceptors (Lipinski definition) is 5. The number of nitrogens with two attached hydrogens (primary N) is 1. The third-order valence-electron chi connectivity index (χ3n) is 2.97. The van der Waals surface area contributed by atoms with Gasteiger partial charge in [-0.1, -0.05) is 30.3 Å². The van der Waals surface area contributed by atoms with E-state index in [1.165, 1.54) is 0 Å². The molecule has 1 atom stereocenters. The Kier molecular flexibility index (Phi) is 5.22. The molecule has 2 aromatic rings. The number of carbonyl (C=O) groups is 1. The van der Waals surface area contributed by atoms with Gasteiger partial charge in [-0.25, -0.2) is 0 Å². The highest BCUT2D eigenvalue weighted by molar-refractivity contribution is 5.92. The van der Waals surface area contributed by atoms with E-state index in [2.05, 4.69) is 20.8 Å². The fourth-order valence-electron chi connectivity index (χ4n) is 1.83. The third-order valence-corrected chi connectivity index (χ3v) is 2.97. The molecule has 1 aromatic heterocycles. The van der Waals surface area contributed by atoms with Gasteiger partial charge in [0, 0.05) is 19.1 Å². The normalized spacial score (nSPS) is 11.7. The minimum absolute atomic E-state index is 0.129. The van der Waals surface area contributed by atoms with Crippen molar-refractivity contribution in [3.63, 3.8) is 0 Å². The van der Waals surface area contributed by atoms with Gasteiger partial charge < -0.3 is 16.4 Å². The Labute approximate surface area is 123 Å². The van der Waals surface area contributed by atoms with Crippen molar-refractivity contribution < 1.29 is 4.79 Å². The summed E-state index contributed by atoms with van der Waals surface area (Å²) in [4.78, 5) is 11.6. The van der Waals surface area contributed by atoms with E-state index in [1.807, 2.05) is 37.3 Å². The molecule has 0 saturated heterocycles. The number of benzene rings is 1. The average Bonchev–Trinajstić information content (AvgIpc) is 2.54. The molecule has 0 aliphatic carbocycles. The van der Waals surface area contributed by atoms with Gasteiger partial charge in [0.1, 0.15) is 5.82 Å². The molecule has 1 heterocycles. The molecule has 1 unspecified atom stereocenters. The van der Waals surface area contributed by atoms with Crippen LogP contribution in [0.2, 0.25) is 0 Å². The number of amides is 1. The van der Waals surface area contributed by atoms with E-state index in [9.17, 15) is 4.79 Å².